The number of phenols is 1. The third-order valence-corrected chi connectivity index (χ3v) is 5.16. The zero-order valence-electron chi connectivity index (χ0n) is 16.4. The number of amides is 3. The van der Waals surface area contributed by atoms with E-state index in [-0.39, 0.29) is 35.2 Å². The van der Waals surface area contributed by atoms with Crippen LogP contribution in [0.4, 0.5) is 5.69 Å². The van der Waals surface area contributed by atoms with Crippen molar-refractivity contribution >= 4 is 23.4 Å². The van der Waals surface area contributed by atoms with Gasteiger partial charge in [-0.2, -0.15) is 0 Å². The number of aryl methyl sites for hydroxylation is 1. The molecule has 0 radical (unpaired) electrons. The van der Waals surface area contributed by atoms with Crippen LogP contribution in [0, 0.1) is 6.92 Å². The van der Waals surface area contributed by atoms with Crippen molar-refractivity contribution in [1.29, 1.82) is 0 Å². The second kappa shape index (κ2) is 7.83. The van der Waals surface area contributed by atoms with E-state index in [4.69, 9.17) is 0 Å². The molecule has 150 valence electrons. The van der Waals surface area contributed by atoms with Gasteiger partial charge < -0.3 is 10.4 Å². The summed E-state index contributed by atoms with van der Waals surface area (Å²) in [7, 11) is 0. The molecule has 0 fully saturated rings. The topological polar surface area (TPSA) is 86.7 Å². The fourth-order valence-electron chi connectivity index (χ4n) is 3.50. The van der Waals surface area contributed by atoms with Crippen molar-refractivity contribution in [2.75, 3.05) is 11.9 Å². The van der Waals surface area contributed by atoms with E-state index >= 15 is 0 Å². The quantitative estimate of drug-likeness (QED) is 0.504. The summed E-state index contributed by atoms with van der Waals surface area (Å²) in [6.07, 6.45) is 0.569. The number of nitrogens with one attached hydrogen (secondary N) is 1. The third kappa shape index (κ3) is 3.67. The molecule has 3 amide bonds. The summed E-state index contributed by atoms with van der Waals surface area (Å²) < 4.78 is 0. The van der Waals surface area contributed by atoms with Crippen molar-refractivity contribution in [1.82, 2.24) is 4.90 Å². The highest BCUT2D eigenvalue weighted by molar-refractivity contribution is 6.22. The Kier molecular flexibility index (Phi) is 5.06. The molecule has 30 heavy (non-hydrogen) atoms. The Bertz CT molecular complexity index is 1160. The lowest BCUT2D eigenvalue weighted by atomic mass is 10.0. The maximum atomic E-state index is 12.8. The molecule has 1 aliphatic heterocycles. The van der Waals surface area contributed by atoms with Crippen LogP contribution < -0.4 is 5.32 Å². The van der Waals surface area contributed by atoms with E-state index < -0.39 is 5.91 Å². The highest BCUT2D eigenvalue weighted by atomic mass is 16.3. The van der Waals surface area contributed by atoms with Crippen LogP contribution in [0.5, 0.6) is 5.75 Å². The summed E-state index contributed by atoms with van der Waals surface area (Å²) in [6, 6.07) is 18.8. The Hall–Kier alpha value is -3.93. The van der Waals surface area contributed by atoms with Crippen molar-refractivity contribution in [3.8, 4) is 5.75 Å². The van der Waals surface area contributed by atoms with Crippen LogP contribution in [-0.4, -0.2) is 34.3 Å². The molecule has 0 saturated heterocycles. The Morgan fingerprint density at radius 2 is 1.67 bits per heavy atom. The summed E-state index contributed by atoms with van der Waals surface area (Å²) in [4.78, 5) is 39.3. The third-order valence-electron chi connectivity index (χ3n) is 5.16. The molecule has 3 aromatic carbocycles. The normalized spacial score (nSPS) is 12.8. The van der Waals surface area contributed by atoms with Crippen molar-refractivity contribution < 1.29 is 19.5 Å². The van der Waals surface area contributed by atoms with Crippen molar-refractivity contribution in [2.24, 2.45) is 0 Å². The fraction of sp³-hybridized carbons (Fsp3) is 0.125. The van der Waals surface area contributed by atoms with Crippen molar-refractivity contribution in [3.63, 3.8) is 0 Å². The van der Waals surface area contributed by atoms with Crippen LogP contribution in [-0.2, 0) is 6.42 Å². The van der Waals surface area contributed by atoms with Crippen LogP contribution in [0.2, 0.25) is 0 Å². The highest BCUT2D eigenvalue weighted by Crippen LogP contribution is 2.26. The number of aromatic hydroxyl groups is 1. The van der Waals surface area contributed by atoms with Crippen molar-refractivity contribution in [3.05, 3.63) is 94.5 Å². The number of hydrogen-bond acceptors (Lipinski definition) is 4. The van der Waals surface area contributed by atoms with Gasteiger partial charge in [0.25, 0.3) is 17.7 Å². The molecule has 0 aromatic heterocycles. The number of anilines is 1. The number of phenolic OH excluding ortho intramolecular Hbond substituents is 1. The molecule has 0 unspecified atom stereocenters. The smallest absolute Gasteiger partial charge is 0.261 e. The van der Waals surface area contributed by atoms with Gasteiger partial charge in [-0.05, 0) is 60.9 Å². The molecule has 0 aliphatic carbocycles. The van der Waals surface area contributed by atoms with E-state index in [1.807, 2.05) is 30.3 Å². The number of imide groups is 1. The van der Waals surface area contributed by atoms with Crippen LogP contribution in [0.3, 0.4) is 0 Å². The summed E-state index contributed by atoms with van der Waals surface area (Å²) in [5.41, 5.74) is 3.15. The van der Waals surface area contributed by atoms with Gasteiger partial charge in [-0.25, -0.2) is 0 Å². The molecule has 1 heterocycles. The van der Waals surface area contributed by atoms with Crippen LogP contribution in [0.1, 0.15) is 42.2 Å². The summed E-state index contributed by atoms with van der Waals surface area (Å²) in [6.45, 7) is 2.05. The van der Waals surface area contributed by atoms with Gasteiger partial charge in [-0.3, -0.25) is 19.3 Å². The van der Waals surface area contributed by atoms with Gasteiger partial charge >= 0.3 is 0 Å². The molecule has 2 N–H and O–H groups in total. The van der Waals surface area contributed by atoms with Gasteiger partial charge in [0.1, 0.15) is 5.75 Å². The lowest BCUT2D eigenvalue weighted by Gasteiger charge is -2.13. The fourth-order valence-corrected chi connectivity index (χ4v) is 3.50. The van der Waals surface area contributed by atoms with E-state index in [9.17, 15) is 19.5 Å². The maximum Gasteiger partial charge on any atom is 0.261 e. The first kappa shape index (κ1) is 19.4. The van der Waals surface area contributed by atoms with Gasteiger partial charge in [0, 0.05) is 17.8 Å². The average Bonchev–Trinajstić information content (AvgIpc) is 2.98. The average molecular weight is 400 g/mol. The highest BCUT2D eigenvalue weighted by Gasteiger charge is 2.35. The second-order valence-electron chi connectivity index (χ2n) is 7.21. The molecule has 6 heteroatoms. The molecule has 0 saturated carbocycles. The number of carbonyl (C=O) groups is 3. The number of hydrogen-bond donors (Lipinski definition) is 2. The Morgan fingerprint density at radius 3 is 2.40 bits per heavy atom. The minimum Gasteiger partial charge on any atom is -0.508 e. The molecular formula is C24H20N2O4. The molecule has 6 nitrogen and oxygen atoms in total. The van der Waals surface area contributed by atoms with E-state index in [0.717, 1.165) is 5.56 Å². The monoisotopic (exact) mass is 400 g/mol. The molecule has 1 aliphatic rings. The summed E-state index contributed by atoms with van der Waals surface area (Å²) in [5.74, 6) is -1.01. The number of fused-ring (bicyclic) bond motifs is 1. The molecule has 4 rings (SSSR count). The Balaban J connectivity index is 1.51. The first-order chi connectivity index (χ1) is 14.4. The summed E-state index contributed by atoms with van der Waals surface area (Å²) >= 11 is 0. The van der Waals surface area contributed by atoms with Gasteiger partial charge in [0.05, 0.1) is 11.1 Å². The molecule has 0 bridgehead atoms. The van der Waals surface area contributed by atoms with Gasteiger partial charge in [-0.1, -0.05) is 30.3 Å². The first-order valence-corrected chi connectivity index (χ1v) is 9.59. The van der Waals surface area contributed by atoms with Crippen LogP contribution in [0.25, 0.3) is 0 Å². The van der Waals surface area contributed by atoms with E-state index in [1.165, 1.54) is 29.2 Å². The standard InChI is InChI=1S/C24H20N2O4/c1-15-13-18(27)8-10-21(15)25-22(28)17-7-9-19-20(14-17)24(30)26(23(19)29)12-11-16-5-3-2-4-6-16/h2-10,13-14,27H,11-12H2,1H3,(H,25,28). The number of benzene rings is 3. The molecule has 0 atom stereocenters. The van der Waals surface area contributed by atoms with Crippen LogP contribution in [0.15, 0.2) is 66.7 Å². The van der Waals surface area contributed by atoms with Gasteiger partial charge in [-0.15, -0.1) is 0 Å². The van der Waals surface area contributed by atoms with Gasteiger partial charge in [0.15, 0.2) is 0 Å². The largest absolute Gasteiger partial charge is 0.508 e. The number of carbonyl (C=O) groups excluding carboxylic acids is 3. The van der Waals surface area contributed by atoms with E-state index in [2.05, 4.69) is 5.32 Å². The lowest BCUT2D eigenvalue weighted by Crippen LogP contribution is -2.31. The predicted octanol–water partition coefficient (Wildman–Crippen LogP) is 3.79. The SMILES string of the molecule is Cc1cc(O)ccc1NC(=O)c1ccc2c(c1)C(=O)N(CCc1ccccc1)C2=O. The minimum atomic E-state index is -0.394. The van der Waals surface area contributed by atoms with Crippen molar-refractivity contribution in [2.45, 2.75) is 13.3 Å². The second-order valence-corrected chi connectivity index (χ2v) is 7.21. The first-order valence-electron chi connectivity index (χ1n) is 9.59. The molecule has 0 spiro atoms. The van der Waals surface area contributed by atoms with Gasteiger partial charge in [0.2, 0.25) is 0 Å². The zero-order valence-corrected chi connectivity index (χ0v) is 16.4. The Morgan fingerprint density at radius 1 is 0.933 bits per heavy atom. The molecular weight excluding hydrogens is 380 g/mol. The molecule has 3 aromatic rings. The number of nitrogens with zero attached hydrogens (tertiary/aromatic N) is 1. The predicted molar refractivity (Wildman–Crippen MR) is 113 cm³/mol. The minimum absolute atomic E-state index is 0.114. The van der Waals surface area contributed by atoms with E-state index in [1.54, 1.807) is 19.1 Å². The zero-order chi connectivity index (χ0) is 21.3. The Labute approximate surface area is 173 Å². The summed E-state index contributed by atoms with van der Waals surface area (Å²) in [5, 5.41) is 12.3. The maximum absolute atomic E-state index is 12.8. The number of rotatable bonds is 5. The lowest BCUT2D eigenvalue weighted by molar-refractivity contribution is 0.0656. The van der Waals surface area contributed by atoms with Crippen LogP contribution >= 0.6 is 0 Å². The van der Waals surface area contributed by atoms with E-state index in [0.29, 0.717) is 23.2 Å².